The maximum Gasteiger partial charge on any atom is 0.261 e. The van der Waals surface area contributed by atoms with Crippen LogP contribution in [-0.4, -0.2) is 47.3 Å². The van der Waals surface area contributed by atoms with Crippen LogP contribution in [0.2, 0.25) is 5.02 Å². The second kappa shape index (κ2) is 16.1. The number of nitrogens with one attached hydrogen (secondary N) is 1. The fourth-order valence-corrected chi connectivity index (χ4v) is 5.80. The standard InChI is InChI=1S/C36H44ClF2N3O2/c1-4-5-6-7-26-8-12-28(13-9-26)36(44)42(30-19-22-41(23-20-30)21-18-25(2)3)24-27-10-14-29(15-11-27)40-35(43)33-32(38)17-16-31(37)34(33)39/h8-17,25,30H,4-7,18-24H2,1-3H3,(H,40,43). The lowest BCUT2D eigenvalue weighted by Crippen LogP contribution is -2.47. The van der Waals surface area contributed by atoms with Crippen molar-refractivity contribution >= 4 is 29.1 Å². The number of hydrogen-bond acceptors (Lipinski definition) is 3. The third kappa shape index (κ3) is 9.12. The summed E-state index contributed by atoms with van der Waals surface area (Å²) in [5.41, 5.74) is 2.48. The molecule has 0 atom stereocenters. The van der Waals surface area contributed by atoms with E-state index in [9.17, 15) is 18.4 Å². The minimum Gasteiger partial charge on any atom is -0.331 e. The number of halogens is 3. The first-order chi connectivity index (χ1) is 21.2. The first-order valence-corrected chi connectivity index (χ1v) is 16.2. The lowest BCUT2D eigenvalue weighted by atomic mass is 9.99. The van der Waals surface area contributed by atoms with Crippen LogP contribution in [0.5, 0.6) is 0 Å². The monoisotopic (exact) mass is 623 g/mol. The van der Waals surface area contributed by atoms with Crippen molar-refractivity contribution in [3.63, 3.8) is 0 Å². The maximum atomic E-state index is 14.3. The van der Waals surface area contributed by atoms with Gasteiger partial charge in [-0.3, -0.25) is 9.59 Å². The molecule has 1 heterocycles. The molecule has 5 nitrogen and oxygen atoms in total. The van der Waals surface area contributed by atoms with Gasteiger partial charge in [0, 0.05) is 36.9 Å². The van der Waals surface area contributed by atoms with Gasteiger partial charge < -0.3 is 15.1 Å². The number of aryl methyl sites for hydroxylation is 1. The van der Waals surface area contributed by atoms with Crippen LogP contribution in [0.3, 0.4) is 0 Å². The molecule has 1 aliphatic rings. The third-order valence-electron chi connectivity index (χ3n) is 8.39. The van der Waals surface area contributed by atoms with Crippen molar-refractivity contribution < 1.29 is 18.4 Å². The van der Waals surface area contributed by atoms with E-state index in [1.54, 1.807) is 12.1 Å². The average Bonchev–Trinajstić information content (AvgIpc) is 3.02. The van der Waals surface area contributed by atoms with Gasteiger partial charge in [0.1, 0.15) is 11.4 Å². The zero-order valence-electron chi connectivity index (χ0n) is 26.1. The van der Waals surface area contributed by atoms with Crippen LogP contribution in [0.25, 0.3) is 0 Å². The molecule has 0 unspecified atom stereocenters. The molecule has 44 heavy (non-hydrogen) atoms. The normalized spacial score (nSPS) is 14.2. The van der Waals surface area contributed by atoms with Crippen molar-refractivity contribution in [2.24, 2.45) is 5.92 Å². The molecule has 0 bridgehead atoms. The number of carbonyl (C=O) groups is 2. The number of unbranched alkanes of at least 4 members (excludes halogenated alkanes) is 2. The number of rotatable bonds is 13. The number of benzene rings is 3. The molecule has 3 aromatic carbocycles. The molecule has 4 rings (SSSR count). The SMILES string of the molecule is CCCCCc1ccc(C(=O)N(Cc2ccc(NC(=O)c3c(F)ccc(Cl)c3F)cc2)C2CCN(CCC(C)C)CC2)cc1. The van der Waals surface area contributed by atoms with Crippen molar-refractivity contribution in [1.29, 1.82) is 0 Å². The van der Waals surface area contributed by atoms with Gasteiger partial charge >= 0.3 is 0 Å². The topological polar surface area (TPSA) is 52.7 Å². The first-order valence-electron chi connectivity index (χ1n) is 15.8. The quantitative estimate of drug-likeness (QED) is 0.153. The highest BCUT2D eigenvalue weighted by molar-refractivity contribution is 6.31. The maximum absolute atomic E-state index is 14.3. The Kier molecular flexibility index (Phi) is 12.3. The summed E-state index contributed by atoms with van der Waals surface area (Å²) in [5.74, 6) is -2.34. The van der Waals surface area contributed by atoms with Gasteiger partial charge in [-0.15, -0.1) is 0 Å². The zero-order valence-corrected chi connectivity index (χ0v) is 26.8. The van der Waals surface area contributed by atoms with E-state index in [1.165, 1.54) is 18.4 Å². The van der Waals surface area contributed by atoms with Gasteiger partial charge in [0.15, 0.2) is 5.82 Å². The molecule has 2 amide bonds. The Bertz CT molecular complexity index is 1390. The van der Waals surface area contributed by atoms with Crippen LogP contribution in [0.4, 0.5) is 14.5 Å². The van der Waals surface area contributed by atoms with Gasteiger partial charge in [-0.2, -0.15) is 0 Å². The lowest BCUT2D eigenvalue weighted by molar-refractivity contribution is 0.0546. The fourth-order valence-electron chi connectivity index (χ4n) is 5.64. The summed E-state index contributed by atoms with van der Waals surface area (Å²) < 4.78 is 28.5. The average molecular weight is 624 g/mol. The molecule has 0 saturated carbocycles. The van der Waals surface area contributed by atoms with E-state index in [2.05, 4.69) is 43.1 Å². The number of hydrogen-bond donors (Lipinski definition) is 1. The molecule has 1 N–H and O–H groups in total. The van der Waals surface area contributed by atoms with Crippen molar-refractivity contribution in [3.05, 3.63) is 99.6 Å². The number of amides is 2. The van der Waals surface area contributed by atoms with Crippen LogP contribution in [0.15, 0.2) is 60.7 Å². The highest BCUT2D eigenvalue weighted by Gasteiger charge is 2.29. The number of piperidine rings is 1. The van der Waals surface area contributed by atoms with Gasteiger partial charge in [-0.25, -0.2) is 8.78 Å². The molecule has 1 fully saturated rings. The third-order valence-corrected chi connectivity index (χ3v) is 8.68. The van der Waals surface area contributed by atoms with Crippen molar-refractivity contribution in [1.82, 2.24) is 9.80 Å². The van der Waals surface area contributed by atoms with E-state index < -0.39 is 23.1 Å². The molecule has 0 radical (unpaired) electrons. The molecule has 1 aliphatic heterocycles. The molecule has 3 aromatic rings. The summed E-state index contributed by atoms with van der Waals surface area (Å²) in [6, 6.07) is 17.2. The smallest absolute Gasteiger partial charge is 0.261 e. The predicted octanol–water partition coefficient (Wildman–Crippen LogP) is 8.76. The molecule has 0 spiro atoms. The van der Waals surface area contributed by atoms with Crippen LogP contribution in [0.1, 0.15) is 91.1 Å². The molecular formula is C36H44ClF2N3O2. The van der Waals surface area contributed by atoms with Crippen molar-refractivity contribution in [2.75, 3.05) is 25.0 Å². The van der Waals surface area contributed by atoms with Gasteiger partial charge in [-0.1, -0.05) is 69.5 Å². The molecule has 236 valence electrons. The van der Waals surface area contributed by atoms with Gasteiger partial charge in [-0.05, 0) is 92.1 Å². The number of nitrogens with zero attached hydrogens (tertiary/aromatic N) is 2. The van der Waals surface area contributed by atoms with Crippen LogP contribution in [0, 0.1) is 17.6 Å². The Morgan fingerprint density at radius 2 is 1.61 bits per heavy atom. The fraction of sp³-hybridized carbons (Fsp3) is 0.444. The van der Waals surface area contributed by atoms with E-state index in [0.717, 1.165) is 69.4 Å². The Morgan fingerprint density at radius 3 is 2.25 bits per heavy atom. The van der Waals surface area contributed by atoms with Crippen LogP contribution in [-0.2, 0) is 13.0 Å². The summed E-state index contributed by atoms with van der Waals surface area (Å²) in [6.45, 7) is 10.1. The predicted molar refractivity (Wildman–Crippen MR) is 174 cm³/mol. The Labute approximate surface area is 265 Å². The zero-order chi connectivity index (χ0) is 31.6. The van der Waals surface area contributed by atoms with Crippen molar-refractivity contribution in [2.45, 2.75) is 78.3 Å². The first kappa shape index (κ1) is 33.6. The highest BCUT2D eigenvalue weighted by atomic mass is 35.5. The summed E-state index contributed by atoms with van der Waals surface area (Å²) in [6.07, 6.45) is 7.51. The van der Waals surface area contributed by atoms with Gasteiger partial charge in [0.2, 0.25) is 0 Å². The Balaban J connectivity index is 1.48. The second-order valence-electron chi connectivity index (χ2n) is 12.2. The highest BCUT2D eigenvalue weighted by Crippen LogP contribution is 2.25. The Hall–Kier alpha value is -3.29. The number of anilines is 1. The lowest BCUT2D eigenvalue weighted by Gasteiger charge is -2.39. The summed E-state index contributed by atoms with van der Waals surface area (Å²) in [4.78, 5) is 31.1. The summed E-state index contributed by atoms with van der Waals surface area (Å²) in [7, 11) is 0. The molecule has 0 aliphatic carbocycles. The van der Waals surface area contributed by atoms with Crippen LogP contribution >= 0.6 is 11.6 Å². The largest absolute Gasteiger partial charge is 0.331 e. The van der Waals surface area contributed by atoms with Gasteiger partial charge in [0.05, 0.1) is 5.02 Å². The minimum atomic E-state index is -1.10. The number of likely N-dealkylation sites (tertiary alicyclic amines) is 1. The molecule has 1 saturated heterocycles. The van der Waals surface area contributed by atoms with E-state index in [1.807, 2.05) is 29.2 Å². The van der Waals surface area contributed by atoms with E-state index in [4.69, 9.17) is 11.6 Å². The summed E-state index contributed by atoms with van der Waals surface area (Å²) >= 11 is 5.75. The van der Waals surface area contributed by atoms with Crippen molar-refractivity contribution in [3.8, 4) is 0 Å². The summed E-state index contributed by atoms with van der Waals surface area (Å²) in [5, 5.41) is 2.22. The van der Waals surface area contributed by atoms with Gasteiger partial charge in [0.25, 0.3) is 11.8 Å². The molecular weight excluding hydrogens is 580 g/mol. The second-order valence-corrected chi connectivity index (χ2v) is 12.6. The van der Waals surface area contributed by atoms with E-state index >= 15 is 0 Å². The number of carbonyl (C=O) groups excluding carboxylic acids is 2. The molecule has 0 aromatic heterocycles. The Morgan fingerprint density at radius 1 is 0.955 bits per heavy atom. The van der Waals surface area contributed by atoms with E-state index in [0.29, 0.717) is 23.7 Å². The van der Waals surface area contributed by atoms with Crippen LogP contribution < -0.4 is 5.32 Å². The molecule has 8 heteroatoms. The minimum absolute atomic E-state index is 0.00928. The van der Waals surface area contributed by atoms with E-state index in [-0.39, 0.29) is 17.0 Å².